The van der Waals surface area contributed by atoms with Crippen LogP contribution in [0.5, 0.6) is 0 Å². The molecule has 4 heteroatoms. The highest BCUT2D eigenvalue weighted by molar-refractivity contribution is 6.17. The number of carboxylic acids is 1. The summed E-state index contributed by atoms with van der Waals surface area (Å²) in [7, 11) is 0. The quantitative estimate of drug-likeness (QED) is 0.373. The minimum atomic E-state index is -1.10. The summed E-state index contributed by atoms with van der Waals surface area (Å²) in [5, 5.41) is 9.83. The van der Waals surface area contributed by atoms with E-state index in [2.05, 4.69) is 0 Å². The molecule has 0 spiro atoms. The molecule has 0 heterocycles. The summed E-state index contributed by atoms with van der Waals surface area (Å²) in [6.45, 7) is 0. The van der Waals surface area contributed by atoms with Crippen molar-refractivity contribution in [2.75, 3.05) is 5.73 Å². The number of aryl methyl sites for hydroxylation is 1. The van der Waals surface area contributed by atoms with Gasteiger partial charge in [0.1, 0.15) is 0 Å². The summed E-state index contributed by atoms with van der Waals surface area (Å²) in [5.41, 5.74) is 9.35. The minimum Gasteiger partial charge on any atom is -0.478 e. The lowest BCUT2D eigenvalue weighted by Gasteiger charge is -2.22. The first kappa shape index (κ1) is 22.6. The van der Waals surface area contributed by atoms with Crippen molar-refractivity contribution in [3.63, 3.8) is 0 Å². The molecule has 170 valence electrons. The van der Waals surface area contributed by atoms with Gasteiger partial charge in [-0.1, -0.05) is 75.6 Å². The lowest BCUT2D eigenvalue weighted by molar-refractivity contribution is 0.0692. The summed E-state index contributed by atoms with van der Waals surface area (Å²) in [6.07, 6.45) is 14.5. The smallest absolute Gasteiger partial charge is 0.336 e. The van der Waals surface area contributed by atoms with Gasteiger partial charge in [0.15, 0.2) is 5.78 Å². The molecule has 2 aromatic carbocycles. The Morgan fingerprint density at radius 2 is 1.50 bits per heavy atom. The number of nitrogen functional groups attached to an aromatic ring is 1. The Hall–Kier alpha value is -2.62. The van der Waals surface area contributed by atoms with E-state index in [-0.39, 0.29) is 22.6 Å². The first-order chi connectivity index (χ1) is 15.5. The largest absolute Gasteiger partial charge is 0.478 e. The predicted molar refractivity (Wildman–Crippen MR) is 128 cm³/mol. The van der Waals surface area contributed by atoms with Crippen LogP contribution in [0.3, 0.4) is 0 Å². The Morgan fingerprint density at radius 3 is 2.12 bits per heavy atom. The van der Waals surface area contributed by atoms with Crippen molar-refractivity contribution in [1.29, 1.82) is 0 Å². The normalized spacial score (nSPS) is 17.9. The van der Waals surface area contributed by atoms with E-state index in [1.54, 1.807) is 12.1 Å². The molecule has 3 N–H and O–H groups in total. The van der Waals surface area contributed by atoms with Crippen LogP contribution in [-0.4, -0.2) is 16.9 Å². The molecule has 2 saturated carbocycles. The van der Waals surface area contributed by atoms with Gasteiger partial charge in [-0.25, -0.2) is 4.79 Å². The predicted octanol–water partition coefficient (Wildman–Crippen LogP) is 6.76. The number of aromatic carboxylic acids is 1. The summed E-state index contributed by atoms with van der Waals surface area (Å²) in [5.74, 6) is -0.134. The SMILES string of the molecule is Nc1cc(CCC2CCCCC2)cc(C(=O)O)c1C(=O)c1ccc(C2CCCCC2)cc1. The van der Waals surface area contributed by atoms with Gasteiger partial charge in [-0.05, 0) is 60.8 Å². The third kappa shape index (κ3) is 5.23. The number of carbonyl (C=O) groups excluding carboxylic acids is 1. The van der Waals surface area contributed by atoms with Gasteiger partial charge in [0.05, 0.1) is 11.1 Å². The topological polar surface area (TPSA) is 80.4 Å². The van der Waals surface area contributed by atoms with Crippen molar-refractivity contribution in [3.05, 3.63) is 64.2 Å². The van der Waals surface area contributed by atoms with E-state index < -0.39 is 5.97 Å². The first-order valence-corrected chi connectivity index (χ1v) is 12.3. The molecule has 0 aliphatic heterocycles. The molecular formula is C28H35NO3. The minimum absolute atomic E-state index is 0.0185. The summed E-state index contributed by atoms with van der Waals surface area (Å²) in [6, 6.07) is 11.2. The fourth-order valence-electron chi connectivity index (χ4n) is 5.63. The second-order valence-electron chi connectivity index (χ2n) is 9.74. The van der Waals surface area contributed by atoms with E-state index in [1.165, 1.54) is 69.8 Å². The van der Waals surface area contributed by atoms with E-state index in [1.807, 2.05) is 24.3 Å². The van der Waals surface area contributed by atoms with Crippen molar-refractivity contribution in [2.24, 2.45) is 5.92 Å². The number of benzene rings is 2. The van der Waals surface area contributed by atoms with Crippen LogP contribution in [0, 0.1) is 5.92 Å². The highest BCUT2D eigenvalue weighted by atomic mass is 16.4. The van der Waals surface area contributed by atoms with Crippen LogP contribution in [0.25, 0.3) is 0 Å². The van der Waals surface area contributed by atoms with Gasteiger partial charge < -0.3 is 10.8 Å². The average Bonchev–Trinajstić information content (AvgIpc) is 2.83. The Balaban J connectivity index is 1.53. The molecule has 2 aliphatic carbocycles. The van der Waals surface area contributed by atoms with Gasteiger partial charge >= 0.3 is 5.97 Å². The lowest BCUT2D eigenvalue weighted by Crippen LogP contribution is -2.14. The molecule has 32 heavy (non-hydrogen) atoms. The van der Waals surface area contributed by atoms with Crippen LogP contribution in [0.4, 0.5) is 5.69 Å². The van der Waals surface area contributed by atoms with Gasteiger partial charge in [0, 0.05) is 11.3 Å². The molecule has 0 atom stereocenters. The van der Waals surface area contributed by atoms with Crippen molar-refractivity contribution >= 4 is 17.4 Å². The number of rotatable bonds is 7. The molecule has 2 aliphatic rings. The second kappa shape index (κ2) is 10.3. The monoisotopic (exact) mass is 433 g/mol. The molecule has 0 saturated heterocycles. The number of ketones is 1. The van der Waals surface area contributed by atoms with E-state index in [9.17, 15) is 14.7 Å². The molecule has 2 aromatic rings. The maximum atomic E-state index is 13.3. The number of hydrogen-bond acceptors (Lipinski definition) is 3. The summed E-state index contributed by atoms with van der Waals surface area (Å²) in [4.78, 5) is 25.3. The third-order valence-electron chi connectivity index (χ3n) is 7.50. The zero-order valence-electron chi connectivity index (χ0n) is 18.9. The first-order valence-electron chi connectivity index (χ1n) is 12.3. The number of nitrogens with two attached hydrogens (primary N) is 1. The van der Waals surface area contributed by atoms with Crippen LogP contribution < -0.4 is 5.73 Å². The van der Waals surface area contributed by atoms with Crippen molar-refractivity contribution in [3.8, 4) is 0 Å². The zero-order valence-corrected chi connectivity index (χ0v) is 18.9. The van der Waals surface area contributed by atoms with Crippen LogP contribution in [0.15, 0.2) is 36.4 Å². The fraction of sp³-hybridized carbons (Fsp3) is 0.500. The van der Waals surface area contributed by atoms with Crippen LogP contribution in [0.1, 0.15) is 114 Å². The molecule has 4 nitrogen and oxygen atoms in total. The Labute approximate surface area is 191 Å². The third-order valence-corrected chi connectivity index (χ3v) is 7.50. The Kier molecular flexibility index (Phi) is 7.29. The van der Waals surface area contributed by atoms with Crippen molar-refractivity contribution in [1.82, 2.24) is 0 Å². The van der Waals surface area contributed by atoms with Crippen molar-refractivity contribution < 1.29 is 14.7 Å². The van der Waals surface area contributed by atoms with Gasteiger partial charge in [-0.3, -0.25) is 4.79 Å². The molecular weight excluding hydrogens is 398 g/mol. The van der Waals surface area contributed by atoms with Crippen molar-refractivity contribution in [2.45, 2.75) is 83.0 Å². The zero-order chi connectivity index (χ0) is 22.5. The molecule has 0 radical (unpaired) electrons. The number of anilines is 1. The van der Waals surface area contributed by atoms with Gasteiger partial charge in [0.25, 0.3) is 0 Å². The standard InChI is InChI=1S/C28H35NO3/c29-25-18-20(12-11-19-7-3-1-4-8-19)17-24(28(31)32)26(25)27(30)23-15-13-22(14-16-23)21-9-5-2-6-10-21/h13-19,21H,1-12,29H2,(H,31,32). The van der Waals surface area contributed by atoms with E-state index in [0.29, 0.717) is 17.4 Å². The van der Waals surface area contributed by atoms with Gasteiger partial charge in [-0.15, -0.1) is 0 Å². The highest BCUT2D eigenvalue weighted by Gasteiger charge is 2.23. The molecule has 0 amide bonds. The molecule has 4 rings (SSSR count). The molecule has 0 unspecified atom stereocenters. The molecule has 0 bridgehead atoms. The Bertz CT molecular complexity index is 951. The van der Waals surface area contributed by atoms with Crippen LogP contribution in [0.2, 0.25) is 0 Å². The lowest BCUT2D eigenvalue weighted by atomic mass is 9.83. The maximum Gasteiger partial charge on any atom is 0.336 e. The Morgan fingerprint density at radius 1 is 0.875 bits per heavy atom. The van der Waals surface area contributed by atoms with E-state index >= 15 is 0 Å². The van der Waals surface area contributed by atoms with E-state index in [4.69, 9.17) is 5.73 Å². The van der Waals surface area contributed by atoms with E-state index in [0.717, 1.165) is 18.4 Å². The number of carbonyl (C=O) groups is 2. The number of hydrogen-bond donors (Lipinski definition) is 2. The average molecular weight is 434 g/mol. The second-order valence-corrected chi connectivity index (χ2v) is 9.74. The van der Waals surface area contributed by atoms with Gasteiger partial charge in [-0.2, -0.15) is 0 Å². The highest BCUT2D eigenvalue weighted by Crippen LogP contribution is 2.33. The molecule has 2 fully saturated rings. The van der Waals surface area contributed by atoms with Gasteiger partial charge in [0.2, 0.25) is 0 Å². The maximum absolute atomic E-state index is 13.3. The molecule has 0 aromatic heterocycles. The summed E-state index contributed by atoms with van der Waals surface area (Å²) >= 11 is 0. The fourth-order valence-corrected chi connectivity index (χ4v) is 5.63. The van der Waals surface area contributed by atoms with Crippen LogP contribution >= 0.6 is 0 Å². The number of carboxylic acid groups (broad SMARTS) is 1. The summed E-state index contributed by atoms with van der Waals surface area (Å²) < 4.78 is 0. The van der Waals surface area contributed by atoms with Crippen LogP contribution in [-0.2, 0) is 6.42 Å².